The molecular weight excluding hydrogens is 328 g/mol. The Labute approximate surface area is 115 Å². The highest BCUT2D eigenvalue weighted by Gasteiger charge is 2.17. The maximum absolute atomic E-state index is 13.4. The minimum Gasteiger partial charge on any atom is -0.352 e. The largest absolute Gasteiger partial charge is 0.352 e. The third kappa shape index (κ3) is 4.45. The molecule has 0 aliphatic rings. The summed E-state index contributed by atoms with van der Waals surface area (Å²) in [7, 11) is -0.942. The summed E-state index contributed by atoms with van der Waals surface area (Å²) in [4.78, 5) is 11.6. The van der Waals surface area contributed by atoms with E-state index >= 15 is 0 Å². The highest BCUT2D eigenvalue weighted by molar-refractivity contribution is 9.10. The van der Waals surface area contributed by atoms with Crippen LogP contribution >= 0.6 is 15.9 Å². The zero-order valence-electron chi connectivity index (χ0n) is 9.63. The topological polar surface area (TPSA) is 46.2 Å². The molecule has 0 heterocycles. The summed E-state index contributed by atoms with van der Waals surface area (Å²) in [5, 5.41) is 2.39. The molecule has 0 aliphatic heterocycles. The zero-order valence-corrected chi connectivity index (χ0v) is 12.0. The number of amides is 1. The van der Waals surface area contributed by atoms with Crippen molar-refractivity contribution in [1.82, 2.24) is 5.32 Å². The molecule has 1 atom stereocenters. The van der Waals surface area contributed by atoms with Gasteiger partial charge in [-0.05, 0) is 18.6 Å². The highest BCUT2D eigenvalue weighted by Crippen LogP contribution is 2.19. The standard InChI is InChI=1S/C11H12BrF2NO2S/c1-18(17)4-2-3-15-11(16)10-8(13)5-7(12)6-9(10)14/h5-6H,2-4H2,1H3,(H,15,16). The van der Waals surface area contributed by atoms with Gasteiger partial charge in [-0.1, -0.05) is 15.9 Å². The van der Waals surface area contributed by atoms with E-state index in [1.807, 2.05) is 0 Å². The molecule has 18 heavy (non-hydrogen) atoms. The lowest BCUT2D eigenvalue weighted by Crippen LogP contribution is -2.27. The lowest BCUT2D eigenvalue weighted by Gasteiger charge is -2.07. The molecule has 1 unspecified atom stereocenters. The Bertz CT molecular complexity index is 459. The Balaban J connectivity index is 2.65. The van der Waals surface area contributed by atoms with E-state index in [0.29, 0.717) is 12.2 Å². The van der Waals surface area contributed by atoms with Crippen LogP contribution in [0.25, 0.3) is 0 Å². The van der Waals surface area contributed by atoms with Crippen LogP contribution in [-0.2, 0) is 10.8 Å². The minimum atomic E-state index is -0.942. The summed E-state index contributed by atoms with van der Waals surface area (Å²) in [6.07, 6.45) is 2.05. The van der Waals surface area contributed by atoms with Crippen molar-refractivity contribution < 1.29 is 17.8 Å². The van der Waals surface area contributed by atoms with Gasteiger partial charge in [0, 0.05) is 33.8 Å². The number of rotatable bonds is 5. The number of carbonyl (C=O) groups excluding carboxylic acids is 1. The average molecular weight is 340 g/mol. The Kier molecular flexibility index (Phi) is 5.87. The fourth-order valence-corrected chi connectivity index (χ4v) is 2.28. The van der Waals surface area contributed by atoms with Crippen LogP contribution in [0.1, 0.15) is 16.8 Å². The molecule has 0 aliphatic carbocycles. The Hall–Kier alpha value is -0.820. The Morgan fingerprint density at radius 1 is 1.39 bits per heavy atom. The average Bonchev–Trinajstić information content (AvgIpc) is 2.22. The Morgan fingerprint density at radius 2 is 1.94 bits per heavy atom. The molecule has 0 bridgehead atoms. The zero-order chi connectivity index (χ0) is 13.7. The number of nitrogens with one attached hydrogen (secondary N) is 1. The predicted molar refractivity (Wildman–Crippen MR) is 69.9 cm³/mol. The molecule has 0 radical (unpaired) electrons. The molecule has 1 amide bonds. The van der Waals surface area contributed by atoms with Gasteiger partial charge in [0.1, 0.15) is 17.2 Å². The quantitative estimate of drug-likeness (QED) is 0.836. The number of hydrogen-bond acceptors (Lipinski definition) is 2. The molecule has 100 valence electrons. The summed E-state index contributed by atoms with van der Waals surface area (Å²) >= 11 is 2.93. The van der Waals surface area contributed by atoms with Gasteiger partial charge in [0.2, 0.25) is 0 Å². The first-order chi connectivity index (χ1) is 8.41. The van der Waals surface area contributed by atoms with E-state index in [-0.39, 0.29) is 11.0 Å². The summed E-state index contributed by atoms with van der Waals surface area (Å²) in [6, 6.07) is 2.05. The van der Waals surface area contributed by atoms with Gasteiger partial charge < -0.3 is 5.32 Å². The number of hydrogen-bond donors (Lipinski definition) is 1. The first-order valence-corrected chi connectivity index (χ1v) is 7.66. The molecular formula is C11H12BrF2NO2S. The van der Waals surface area contributed by atoms with E-state index in [2.05, 4.69) is 21.2 Å². The van der Waals surface area contributed by atoms with Crippen LogP contribution in [0.15, 0.2) is 16.6 Å². The van der Waals surface area contributed by atoms with Crippen LogP contribution in [0.3, 0.4) is 0 Å². The Morgan fingerprint density at radius 3 is 2.44 bits per heavy atom. The fourth-order valence-electron chi connectivity index (χ4n) is 1.32. The summed E-state index contributed by atoms with van der Waals surface area (Å²) < 4.78 is 37.8. The number of benzene rings is 1. The van der Waals surface area contributed by atoms with Crippen molar-refractivity contribution in [2.75, 3.05) is 18.6 Å². The van der Waals surface area contributed by atoms with Crippen LogP contribution in [0.4, 0.5) is 8.78 Å². The second-order valence-electron chi connectivity index (χ2n) is 3.63. The van der Waals surface area contributed by atoms with Crippen molar-refractivity contribution in [3.63, 3.8) is 0 Å². The molecule has 3 nitrogen and oxygen atoms in total. The molecule has 0 fully saturated rings. The summed E-state index contributed by atoms with van der Waals surface area (Å²) in [5.41, 5.74) is -0.601. The normalized spacial score (nSPS) is 12.2. The van der Waals surface area contributed by atoms with E-state index in [4.69, 9.17) is 0 Å². The molecule has 0 saturated heterocycles. The highest BCUT2D eigenvalue weighted by atomic mass is 79.9. The molecule has 1 N–H and O–H groups in total. The third-order valence-electron chi connectivity index (χ3n) is 2.13. The fraction of sp³-hybridized carbons (Fsp3) is 0.364. The minimum absolute atomic E-state index is 0.230. The van der Waals surface area contributed by atoms with Crippen LogP contribution in [0, 0.1) is 11.6 Å². The molecule has 0 saturated carbocycles. The SMILES string of the molecule is CS(=O)CCCNC(=O)c1c(F)cc(Br)cc1F. The second-order valence-corrected chi connectivity index (χ2v) is 6.10. The molecule has 1 aromatic rings. The van der Waals surface area contributed by atoms with Gasteiger partial charge in [0.15, 0.2) is 0 Å². The van der Waals surface area contributed by atoms with E-state index < -0.39 is 33.9 Å². The van der Waals surface area contributed by atoms with Crippen LogP contribution < -0.4 is 5.32 Å². The number of carbonyl (C=O) groups is 1. The van der Waals surface area contributed by atoms with Crippen LogP contribution in [-0.4, -0.2) is 28.7 Å². The molecule has 7 heteroatoms. The van der Waals surface area contributed by atoms with Gasteiger partial charge in [-0.3, -0.25) is 9.00 Å². The van der Waals surface area contributed by atoms with Crippen LogP contribution in [0.2, 0.25) is 0 Å². The maximum atomic E-state index is 13.4. The molecule has 1 aromatic carbocycles. The second kappa shape index (κ2) is 6.94. The van der Waals surface area contributed by atoms with E-state index in [1.165, 1.54) is 0 Å². The van der Waals surface area contributed by atoms with Crippen molar-refractivity contribution in [2.24, 2.45) is 0 Å². The van der Waals surface area contributed by atoms with Gasteiger partial charge in [-0.25, -0.2) is 8.78 Å². The van der Waals surface area contributed by atoms with E-state index in [0.717, 1.165) is 12.1 Å². The van der Waals surface area contributed by atoms with Crippen molar-refractivity contribution in [3.8, 4) is 0 Å². The molecule has 0 aromatic heterocycles. The lowest BCUT2D eigenvalue weighted by molar-refractivity contribution is 0.0945. The first-order valence-electron chi connectivity index (χ1n) is 5.14. The van der Waals surface area contributed by atoms with Crippen molar-refractivity contribution in [1.29, 1.82) is 0 Å². The van der Waals surface area contributed by atoms with Crippen molar-refractivity contribution in [2.45, 2.75) is 6.42 Å². The number of halogens is 3. The predicted octanol–water partition coefficient (Wildman–Crippen LogP) is 2.23. The van der Waals surface area contributed by atoms with Crippen LogP contribution in [0.5, 0.6) is 0 Å². The molecule has 0 spiro atoms. The van der Waals surface area contributed by atoms with Gasteiger partial charge in [-0.15, -0.1) is 0 Å². The van der Waals surface area contributed by atoms with E-state index in [1.54, 1.807) is 6.26 Å². The van der Waals surface area contributed by atoms with Crippen molar-refractivity contribution in [3.05, 3.63) is 33.8 Å². The lowest BCUT2D eigenvalue weighted by atomic mass is 10.2. The van der Waals surface area contributed by atoms with Gasteiger partial charge in [0.05, 0.1) is 0 Å². The first kappa shape index (κ1) is 15.2. The monoisotopic (exact) mass is 339 g/mol. The summed E-state index contributed by atoms with van der Waals surface area (Å²) in [6.45, 7) is 0.230. The maximum Gasteiger partial charge on any atom is 0.257 e. The summed E-state index contributed by atoms with van der Waals surface area (Å²) in [5.74, 6) is -2.21. The molecule has 1 rings (SSSR count). The van der Waals surface area contributed by atoms with Gasteiger partial charge in [0.25, 0.3) is 5.91 Å². The van der Waals surface area contributed by atoms with Gasteiger partial charge in [-0.2, -0.15) is 0 Å². The van der Waals surface area contributed by atoms with Gasteiger partial charge >= 0.3 is 0 Å². The van der Waals surface area contributed by atoms with E-state index in [9.17, 15) is 17.8 Å². The van der Waals surface area contributed by atoms with Crippen molar-refractivity contribution >= 4 is 32.6 Å². The smallest absolute Gasteiger partial charge is 0.257 e. The third-order valence-corrected chi connectivity index (χ3v) is 3.45.